The van der Waals surface area contributed by atoms with Crippen LogP contribution in [-0.2, 0) is 9.53 Å². The summed E-state index contributed by atoms with van der Waals surface area (Å²) in [6, 6.07) is 0. The van der Waals surface area contributed by atoms with Gasteiger partial charge in [-0.15, -0.1) is 0 Å². The minimum Gasteiger partial charge on any atom is -0.379 e. The Morgan fingerprint density at radius 1 is 1.42 bits per heavy atom. The monoisotopic (exact) mass is 270 g/mol. The van der Waals surface area contributed by atoms with E-state index in [1.165, 1.54) is 12.8 Å². The van der Waals surface area contributed by atoms with Gasteiger partial charge in [0.15, 0.2) is 0 Å². The third-order valence-electron chi connectivity index (χ3n) is 3.65. The summed E-state index contributed by atoms with van der Waals surface area (Å²) in [6.07, 6.45) is 4.20. The van der Waals surface area contributed by atoms with E-state index in [4.69, 9.17) is 10.5 Å². The van der Waals surface area contributed by atoms with Crippen LogP contribution in [0.15, 0.2) is 0 Å². The number of amides is 1. The second-order valence-corrected chi connectivity index (χ2v) is 6.27. The zero-order valence-electron chi connectivity index (χ0n) is 12.7. The fourth-order valence-corrected chi connectivity index (χ4v) is 2.19. The van der Waals surface area contributed by atoms with Crippen LogP contribution in [0.1, 0.15) is 39.5 Å². The van der Waals surface area contributed by atoms with E-state index < -0.39 is 0 Å². The molecule has 1 aliphatic carbocycles. The molecule has 0 aromatic carbocycles. The Bertz CT molecular complexity index is 265. The molecule has 0 heterocycles. The normalized spacial score (nSPS) is 16.7. The van der Waals surface area contributed by atoms with Crippen molar-refractivity contribution in [3.63, 3.8) is 0 Å². The Kier molecular flexibility index (Phi) is 7.39. The van der Waals surface area contributed by atoms with Gasteiger partial charge in [-0.2, -0.15) is 0 Å². The Morgan fingerprint density at radius 3 is 2.63 bits per heavy atom. The molecule has 19 heavy (non-hydrogen) atoms. The van der Waals surface area contributed by atoms with Crippen LogP contribution in [0, 0.1) is 17.8 Å². The lowest BCUT2D eigenvalue weighted by Crippen LogP contribution is -2.33. The van der Waals surface area contributed by atoms with Gasteiger partial charge in [-0.25, -0.2) is 0 Å². The highest BCUT2D eigenvalue weighted by Gasteiger charge is 2.21. The second-order valence-electron chi connectivity index (χ2n) is 6.27. The number of ether oxygens (including phenoxy) is 1. The van der Waals surface area contributed by atoms with Gasteiger partial charge in [-0.3, -0.25) is 4.79 Å². The predicted octanol–water partition coefficient (Wildman–Crippen LogP) is 1.88. The van der Waals surface area contributed by atoms with Crippen molar-refractivity contribution in [3.05, 3.63) is 0 Å². The molecule has 4 heteroatoms. The molecular formula is C15H30N2O2. The molecule has 0 radical (unpaired) electrons. The van der Waals surface area contributed by atoms with Gasteiger partial charge >= 0.3 is 0 Å². The molecule has 112 valence electrons. The smallest absolute Gasteiger partial charge is 0.222 e. The first-order chi connectivity index (χ1) is 9.02. The molecule has 0 aromatic heterocycles. The van der Waals surface area contributed by atoms with Crippen LogP contribution in [-0.4, -0.2) is 44.2 Å². The van der Waals surface area contributed by atoms with Gasteiger partial charge in [0.1, 0.15) is 0 Å². The van der Waals surface area contributed by atoms with Crippen molar-refractivity contribution < 1.29 is 9.53 Å². The van der Waals surface area contributed by atoms with E-state index in [1.807, 2.05) is 7.05 Å². The van der Waals surface area contributed by atoms with Crippen molar-refractivity contribution in [1.29, 1.82) is 0 Å². The number of carbonyl (C=O) groups excluding carboxylic acids is 1. The molecule has 1 fully saturated rings. The first-order valence-electron chi connectivity index (χ1n) is 7.54. The van der Waals surface area contributed by atoms with Crippen LogP contribution in [0.2, 0.25) is 0 Å². The number of rotatable bonds is 10. The quantitative estimate of drug-likeness (QED) is 0.617. The van der Waals surface area contributed by atoms with E-state index >= 15 is 0 Å². The molecule has 4 nitrogen and oxygen atoms in total. The van der Waals surface area contributed by atoms with E-state index in [2.05, 4.69) is 13.8 Å². The van der Waals surface area contributed by atoms with Gasteiger partial charge < -0.3 is 15.4 Å². The number of hydrogen-bond acceptors (Lipinski definition) is 3. The number of carbonyl (C=O) groups is 1. The number of nitrogens with two attached hydrogens (primary N) is 1. The molecule has 2 N–H and O–H groups in total. The Balaban J connectivity index is 2.14. The summed E-state index contributed by atoms with van der Waals surface area (Å²) in [5.41, 5.74) is 5.74. The van der Waals surface area contributed by atoms with Crippen LogP contribution < -0.4 is 5.73 Å². The summed E-state index contributed by atoms with van der Waals surface area (Å²) < 4.78 is 5.56. The summed E-state index contributed by atoms with van der Waals surface area (Å²) in [4.78, 5) is 13.8. The lowest BCUT2D eigenvalue weighted by atomic mass is 9.94. The maximum atomic E-state index is 12.0. The molecule has 1 rings (SSSR count). The van der Waals surface area contributed by atoms with Gasteiger partial charge in [-0.1, -0.05) is 13.8 Å². The van der Waals surface area contributed by atoms with Gasteiger partial charge in [-0.05, 0) is 43.6 Å². The first kappa shape index (κ1) is 16.4. The molecule has 1 atom stereocenters. The summed E-state index contributed by atoms with van der Waals surface area (Å²) >= 11 is 0. The van der Waals surface area contributed by atoms with Crippen molar-refractivity contribution in [3.8, 4) is 0 Å². The van der Waals surface area contributed by atoms with E-state index in [0.29, 0.717) is 38.0 Å². The summed E-state index contributed by atoms with van der Waals surface area (Å²) in [6.45, 7) is 7.13. The zero-order valence-corrected chi connectivity index (χ0v) is 12.7. The van der Waals surface area contributed by atoms with E-state index in [9.17, 15) is 4.79 Å². The molecule has 1 unspecified atom stereocenters. The van der Waals surface area contributed by atoms with Gasteiger partial charge in [0.2, 0.25) is 5.91 Å². The van der Waals surface area contributed by atoms with Gasteiger partial charge in [0.05, 0.1) is 6.61 Å². The fraction of sp³-hybridized carbons (Fsp3) is 0.933. The first-order valence-corrected chi connectivity index (χ1v) is 7.54. The Morgan fingerprint density at radius 2 is 2.11 bits per heavy atom. The van der Waals surface area contributed by atoms with Crippen molar-refractivity contribution in [1.82, 2.24) is 4.90 Å². The van der Waals surface area contributed by atoms with Crippen LogP contribution >= 0.6 is 0 Å². The number of likely N-dealkylation sites (N-methyl/N-ethyl adjacent to an activating group) is 1. The SMILES string of the molecule is CC(C)CC(CN)CC(=O)N(C)CCOCC1CC1. The van der Waals surface area contributed by atoms with E-state index in [1.54, 1.807) is 4.90 Å². The third kappa shape index (κ3) is 7.53. The largest absolute Gasteiger partial charge is 0.379 e. The molecule has 1 amide bonds. The van der Waals surface area contributed by atoms with Crippen molar-refractivity contribution in [2.24, 2.45) is 23.5 Å². The number of hydrogen-bond donors (Lipinski definition) is 1. The van der Waals surface area contributed by atoms with Crippen LogP contribution in [0.4, 0.5) is 0 Å². The molecule has 0 spiro atoms. The molecule has 1 saturated carbocycles. The Labute approximate surface area is 117 Å². The maximum Gasteiger partial charge on any atom is 0.222 e. The Hall–Kier alpha value is -0.610. The van der Waals surface area contributed by atoms with Crippen molar-refractivity contribution >= 4 is 5.91 Å². The maximum absolute atomic E-state index is 12.0. The third-order valence-corrected chi connectivity index (χ3v) is 3.65. The lowest BCUT2D eigenvalue weighted by molar-refractivity contribution is -0.131. The van der Waals surface area contributed by atoms with E-state index in [-0.39, 0.29) is 5.91 Å². The molecule has 0 saturated heterocycles. The van der Waals surface area contributed by atoms with E-state index in [0.717, 1.165) is 18.9 Å². The van der Waals surface area contributed by atoms with Crippen LogP contribution in [0.3, 0.4) is 0 Å². The molecule has 1 aliphatic rings. The highest BCUT2D eigenvalue weighted by atomic mass is 16.5. The van der Waals surface area contributed by atoms with Crippen LogP contribution in [0.25, 0.3) is 0 Å². The summed E-state index contributed by atoms with van der Waals surface area (Å²) in [7, 11) is 1.85. The van der Waals surface area contributed by atoms with Crippen LogP contribution in [0.5, 0.6) is 0 Å². The second kappa shape index (κ2) is 8.54. The molecule has 0 aromatic rings. The minimum absolute atomic E-state index is 0.186. The van der Waals surface area contributed by atoms with Gasteiger partial charge in [0.25, 0.3) is 0 Å². The van der Waals surface area contributed by atoms with Gasteiger partial charge in [0, 0.05) is 26.6 Å². The minimum atomic E-state index is 0.186. The number of nitrogens with zero attached hydrogens (tertiary/aromatic N) is 1. The zero-order chi connectivity index (χ0) is 14.3. The van der Waals surface area contributed by atoms with Crippen molar-refractivity contribution in [2.45, 2.75) is 39.5 Å². The highest BCUT2D eigenvalue weighted by molar-refractivity contribution is 5.76. The lowest BCUT2D eigenvalue weighted by Gasteiger charge is -2.21. The summed E-state index contributed by atoms with van der Waals surface area (Å²) in [5.74, 6) is 1.87. The highest BCUT2D eigenvalue weighted by Crippen LogP contribution is 2.28. The standard InChI is InChI=1S/C15H30N2O2/c1-12(2)8-14(10-16)9-15(18)17(3)6-7-19-11-13-4-5-13/h12-14H,4-11,16H2,1-3H3. The molecular weight excluding hydrogens is 240 g/mol. The van der Waals surface area contributed by atoms with Crippen molar-refractivity contribution in [2.75, 3.05) is 33.4 Å². The molecule has 0 bridgehead atoms. The molecule has 0 aliphatic heterocycles. The summed E-state index contributed by atoms with van der Waals surface area (Å²) in [5, 5.41) is 0. The topological polar surface area (TPSA) is 55.6 Å². The predicted molar refractivity (Wildman–Crippen MR) is 77.8 cm³/mol. The fourth-order valence-electron chi connectivity index (χ4n) is 2.19. The average Bonchev–Trinajstić information content (AvgIpc) is 3.16. The average molecular weight is 270 g/mol.